The summed E-state index contributed by atoms with van der Waals surface area (Å²) in [7, 11) is -4.64. The van der Waals surface area contributed by atoms with Crippen LogP contribution in [0.4, 0.5) is 3.89 Å². The van der Waals surface area contributed by atoms with E-state index >= 15 is 0 Å². The average molecular weight is 281 g/mol. The number of hydrogen-bond acceptors (Lipinski definition) is 4. The number of nitrogens with zero attached hydrogens (tertiary/aromatic N) is 1. The number of likely N-dealkylation sites (tertiary alicyclic amines) is 1. The topological polar surface area (TPSA) is 91.8 Å². The number of halogens is 1. The molecular weight excluding hydrogens is 265 g/mol. The molecule has 104 valence electrons. The van der Waals surface area contributed by atoms with Crippen LogP contribution in [0.15, 0.2) is 0 Å². The highest BCUT2D eigenvalue weighted by Gasteiger charge is 2.38. The van der Waals surface area contributed by atoms with Gasteiger partial charge in [-0.3, -0.25) is 4.79 Å². The van der Waals surface area contributed by atoms with Gasteiger partial charge in [-0.1, -0.05) is 13.3 Å². The Hall–Kier alpha value is -1.18. The van der Waals surface area contributed by atoms with Gasteiger partial charge in [0.05, 0.1) is 5.75 Å². The maximum absolute atomic E-state index is 12.5. The molecule has 0 radical (unpaired) electrons. The summed E-state index contributed by atoms with van der Waals surface area (Å²) >= 11 is 0. The molecule has 6 nitrogen and oxygen atoms in total. The maximum Gasteiger partial charge on any atom is 0.326 e. The van der Waals surface area contributed by atoms with Crippen LogP contribution >= 0.6 is 0 Å². The number of carboxylic acid groups (broad SMARTS) is 1. The molecule has 1 rings (SSSR count). The van der Waals surface area contributed by atoms with Crippen molar-refractivity contribution in [2.24, 2.45) is 5.92 Å². The van der Waals surface area contributed by atoms with Gasteiger partial charge in [-0.2, -0.15) is 8.42 Å². The summed E-state index contributed by atoms with van der Waals surface area (Å²) < 4.78 is 33.6. The minimum atomic E-state index is -4.64. The fourth-order valence-electron chi connectivity index (χ4n) is 2.19. The van der Waals surface area contributed by atoms with Crippen molar-refractivity contribution in [1.29, 1.82) is 0 Å². The van der Waals surface area contributed by atoms with Crippen LogP contribution in [0.25, 0.3) is 0 Å². The van der Waals surface area contributed by atoms with Crippen LogP contribution in [0.5, 0.6) is 0 Å². The van der Waals surface area contributed by atoms with Crippen LogP contribution in [-0.2, 0) is 19.8 Å². The number of carboxylic acids is 1. The van der Waals surface area contributed by atoms with E-state index in [1.807, 2.05) is 0 Å². The lowest BCUT2D eigenvalue weighted by Gasteiger charge is -2.24. The first-order valence-electron chi connectivity index (χ1n) is 5.69. The third-order valence-electron chi connectivity index (χ3n) is 2.90. The zero-order valence-corrected chi connectivity index (χ0v) is 10.8. The van der Waals surface area contributed by atoms with Crippen molar-refractivity contribution in [1.82, 2.24) is 4.90 Å². The third-order valence-corrected chi connectivity index (χ3v) is 3.77. The molecule has 1 aliphatic heterocycles. The molecule has 0 spiro atoms. The third kappa shape index (κ3) is 3.94. The van der Waals surface area contributed by atoms with Crippen LogP contribution in [-0.4, -0.2) is 48.6 Å². The van der Waals surface area contributed by atoms with Crippen LogP contribution in [0.3, 0.4) is 0 Å². The van der Waals surface area contributed by atoms with E-state index in [4.69, 9.17) is 5.11 Å². The van der Waals surface area contributed by atoms with E-state index in [2.05, 4.69) is 0 Å². The Labute approximate surface area is 105 Å². The van der Waals surface area contributed by atoms with Crippen LogP contribution in [0.1, 0.15) is 26.2 Å². The summed E-state index contributed by atoms with van der Waals surface area (Å²) in [5, 5.41) is 9.02. The van der Waals surface area contributed by atoms with E-state index < -0.39 is 39.8 Å². The molecule has 1 N–H and O–H groups in total. The second kappa shape index (κ2) is 5.64. The van der Waals surface area contributed by atoms with Gasteiger partial charge in [0, 0.05) is 18.9 Å². The summed E-state index contributed by atoms with van der Waals surface area (Å²) in [6, 6.07) is -0.949. The first-order chi connectivity index (χ1) is 8.24. The highest BCUT2D eigenvalue weighted by Crippen LogP contribution is 2.24. The van der Waals surface area contributed by atoms with E-state index in [1.54, 1.807) is 6.92 Å². The molecule has 0 aromatic heterocycles. The van der Waals surface area contributed by atoms with Crippen LogP contribution in [0.2, 0.25) is 0 Å². The van der Waals surface area contributed by atoms with Gasteiger partial charge in [-0.15, -0.1) is 3.89 Å². The van der Waals surface area contributed by atoms with Gasteiger partial charge >= 0.3 is 16.2 Å². The monoisotopic (exact) mass is 281 g/mol. The Morgan fingerprint density at radius 1 is 1.61 bits per heavy atom. The van der Waals surface area contributed by atoms with Crippen molar-refractivity contribution in [3.05, 3.63) is 0 Å². The molecule has 1 amide bonds. The molecule has 1 aliphatic rings. The van der Waals surface area contributed by atoms with Gasteiger partial charge in [-0.05, 0) is 6.42 Å². The van der Waals surface area contributed by atoms with Gasteiger partial charge in [-0.25, -0.2) is 4.79 Å². The Morgan fingerprint density at radius 3 is 2.67 bits per heavy atom. The molecule has 2 atom stereocenters. The predicted octanol–water partition coefficient (Wildman–Crippen LogP) is 0.388. The molecule has 0 bridgehead atoms. The SMILES string of the molecule is CCC[C@@H](C(=O)O)N1CC(CS(=O)(=O)F)CC1=O. The molecule has 0 saturated carbocycles. The minimum absolute atomic E-state index is 0.0149. The summed E-state index contributed by atoms with van der Waals surface area (Å²) in [6.45, 7) is 1.78. The van der Waals surface area contributed by atoms with Crippen LogP contribution in [0, 0.1) is 5.92 Å². The van der Waals surface area contributed by atoms with Gasteiger partial charge in [0.1, 0.15) is 6.04 Å². The molecule has 1 fully saturated rings. The first-order valence-corrected chi connectivity index (χ1v) is 7.24. The quantitative estimate of drug-likeness (QED) is 0.711. The summed E-state index contributed by atoms with van der Waals surface area (Å²) in [4.78, 5) is 23.8. The summed E-state index contributed by atoms with van der Waals surface area (Å²) in [5.41, 5.74) is 0. The Kier molecular flexibility index (Phi) is 4.66. The molecule has 8 heteroatoms. The van der Waals surface area contributed by atoms with E-state index in [1.165, 1.54) is 0 Å². The van der Waals surface area contributed by atoms with Crippen molar-refractivity contribution in [3.8, 4) is 0 Å². The summed E-state index contributed by atoms with van der Waals surface area (Å²) in [5.74, 6) is -2.93. The molecule has 0 aromatic carbocycles. The number of carbonyl (C=O) groups is 2. The lowest BCUT2D eigenvalue weighted by molar-refractivity contribution is -0.148. The molecule has 1 saturated heterocycles. The smallest absolute Gasteiger partial charge is 0.326 e. The standard InChI is InChI=1S/C10H16FNO5S/c1-2-3-8(10(14)15)12-5-7(4-9(12)13)6-18(11,16)17/h7-8H,2-6H2,1H3,(H,14,15)/t7?,8-/m0/s1. The number of aliphatic carboxylic acids is 1. The lowest BCUT2D eigenvalue weighted by atomic mass is 10.1. The number of carbonyl (C=O) groups excluding carboxylic acids is 1. The molecular formula is C10H16FNO5S. The van der Waals surface area contributed by atoms with Crippen molar-refractivity contribution >= 4 is 22.1 Å². The largest absolute Gasteiger partial charge is 0.480 e. The molecule has 1 heterocycles. The second-order valence-corrected chi connectivity index (χ2v) is 5.88. The fourth-order valence-corrected chi connectivity index (χ4v) is 2.98. The normalized spacial score (nSPS) is 22.2. The van der Waals surface area contributed by atoms with Gasteiger partial charge in [0.2, 0.25) is 5.91 Å². The minimum Gasteiger partial charge on any atom is -0.480 e. The fraction of sp³-hybridized carbons (Fsp3) is 0.800. The van der Waals surface area contributed by atoms with Crippen molar-refractivity contribution in [3.63, 3.8) is 0 Å². The number of amides is 1. The molecule has 1 unspecified atom stereocenters. The Balaban J connectivity index is 2.74. The molecule has 18 heavy (non-hydrogen) atoms. The van der Waals surface area contributed by atoms with Gasteiger partial charge in [0.25, 0.3) is 0 Å². The van der Waals surface area contributed by atoms with E-state index in [0.717, 1.165) is 4.90 Å². The van der Waals surface area contributed by atoms with Crippen molar-refractivity contribution in [2.75, 3.05) is 12.3 Å². The zero-order chi connectivity index (χ0) is 13.9. The predicted molar refractivity (Wildman–Crippen MR) is 61.0 cm³/mol. The highest BCUT2D eigenvalue weighted by atomic mass is 32.3. The van der Waals surface area contributed by atoms with E-state index in [0.29, 0.717) is 12.8 Å². The maximum atomic E-state index is 12.5. The van der Waals surface area contributed by atoms with E-state index in [9.17, 15) is 21.9 Å². The van der Waals surface area contributed by atoms with E-state index in [-0.39, 0.29) is 13.0 Å². The number of rotatable bonds is 6. The van der Waals surface area contributed by atoms with Gasteiger partial charge in [0.15, 0.2) is 0 Å². The number of hydrogen-bond donors (Lipinski definition) is 1. The first kappa shape index (κ1) is 14.9. The highest BCUT2D eigenvalue weighted by molar-refractivity contribution is 7.86. The van der Waals surface area contributed by atoms with Gasteiger partial charge < -0.3 is 10.0 Å². The van der Waals surface area contributed by atoms with Crippen molar-refractivity contribution < 1.29 is 27.0 Å². The second-order valence-electron chi connectivity index (χ2n) is 4.46. The van der Waals surface area contributed by atoms with Crippen LogP contribution < -0.4 is 0 Å². The molecule has 0 aromatic rings. The average Bonchev–Trinajstić information content (AvgIpc) is 2.52. The zero-order valence-electron chi connectivity index (χ0n) is 10.0. The Bertz CT molecular complexity index is 436. The Morgan fingerprint density at radius 2 is 2.22 bits per heavy atom. The molecule has 0 aliphatic carbocycles. The summed E-state index contributed by atoms with van der Waals surface area (Å²) in [6.07, 6.45) is 0.777. The lowest BCUT2D eigenvalue weighted by Crippen LogP contribution is -2.42. The van der Waals surface area contributed by atoms with Crippen molar-refractivity contribution in [2.45, 2.75) is 32.2 Å².